The van der Waals surface area contributed by atoms with Crippen molar-refractivity contribution in [3.63, 3.8) is 0 Å². The van der Waals surface area contributed by atoms with Gasteiger partial charge in [-0.3, -0.25) is 14.4 Å². The molecule has 1 aromatic rings. The average molecular weight is 360 g/mol. The van der Waals surface area contributed by atoms with Gasteiger partial charge < -0.3 is 19.7 Å². The van der Waals surface area contributed by atoms with Crippen LogP contribution in [0.15, 0.2) is 30.4 Å². The molecule has 1 atom stereocenters. The third-order valence-electron chi connectivity index (χ3n) is 3.67. The van der Waals surface area contributed by atoms with Gasteiger partial charge in [0.15, 0.2) is 11.6 Å². The summed E-state index contributed by atoms with van der Waals surface area (Å²) in [6.07, 6.45) is 3.84. The number of methoxy groups -OCH3 is 1. The Kier molecular flexibility index (Phi) is 5.32. The van der Waals surface area contributed by atoms with Crippen molar-refractivity contribution in [3.05, 3.63) is 47.1 Å². The predicted molar refractivity (Wildman–Crippen MR) is 92.4 cm³/mol. The fraction of sp³-hybridized carbons (Fsp3) is 0.316. The molecule has 26 heavy (non-hydrogen) atoms. The van der Waals surface area contributed by atoms with E-state index in [0.29, 0.717) is 0 Å². The molecule has 0 bridgehead atoms. The summed E-state index contributed by atoms with van der Waals surface area (Å²) in [5.74, 6) is -2.08. The molecule has 7 nitrogen and oxygen atoms in total. The largest absolute Gasteiger partial charge is 0.507 e. The summed E-state index contributed by atoms with van der Waals surface area (Å²) in [5.41, 5.74) is -1.39. The molecule has 138 valence electrons. The average Bonchev–Trinajstić information content (AvgIpc) is 2.54. The minimum atomic E-state index is -1.19. The zero-order valence-electron chi connectivity index (χ0n) is 14.9. The topological polar surface area (TPSA) is 110 Å². The molecule has 0 fully saturated rings. The van der Waals surface area contributed by atoms with Crippen molar-refractivity contribution in [2.75, 3.05) is 7.11 Å². The Morgan fingerprint density at radius 3 is 2.27 bits per heavy atom. The van der Waals surface area contributed by atoms with Gasteiger partial charge in [0, 0.05) is 12.5 Å². The summed E-state index contributed by atoms with van der Waals surface area (Å²) in [6, 6.07) is 1.33. The van der Waals surface area contributed by atoms with Gasteiger partial charge in [0.2, 0.25) is 0 Å². The van der Waals surface area contributed by atoms with E-state index in [1.807, 2.05) is 0 Å². The highest BCUT2D eigenvalue weighted by Gasteiger charge is 2.31. The normalized spacial score (nSPS) is 15.1. The summed E-state index contributed by atoms with van der Waals surface area (Å²) in [6.45, 7) is 4.23. The number of carbonyl (C=O) groups is 3. The minimum Gasteiger partial charge on any atom is -0.507 e. The fourth-order valence-electron chi connectivity index (χ4n) is 2.56. The van der Waals surface area contributed by atoms with Gasteiger partial charge in [0.05, 0.1) is 23.8 Å². The number of ketones is 2. The van der Waals surface area contributed by atoms with Gasteiger partial charge in [-0.25, -0.2) is 0 Å². The molecule has 0 spiro atoms. The first-order valence-corrected chi connectivity index (χ1v) is 7.84. The van der Waals surface area contributed by atoms with E-state index >= 15 is 0 Å². The Morgan fingerprint density at radius 2 is 1.77 bits per heavy atom. The van der Waals surface area contributed by atoms with Crippen molar-refractivity contribution < 1.29 is 34.1 Å². The molecule has 1 aliphatic carbocycles. The molecule has 0 heterocycles. The van der Waals surface area contributed by atoms with E-state index < -0.39 is 35.0 Å². The Balaban J connectivity index is 2.69. The monoisotopic (exact) mass is 360 g/mol. The van der Waals surface area contributed by atoms with Gasteiger partial charge in [0.1, 0.15) is 17.6 Å². The number of aromatic hydroxyl groups is 1. The van der Waals surface area contributed by atoms with Crippen LogP contribution in [0.1, 0.15) is 53.2 Å². The molecule has 1 unspecified atom stereocenters. The summed E-state index contributed by atoms with van der Waals surface area (Å²) in [5, 5.41) is 20.5. The first-order chi connectivity index (χ1) is 12.0. The van der Waals surface area contributed by atoms with Crippen LogP contribution in [0.25, 0.3) is 0 Å². The van der Waals surface area contributed by atoms with Gasteiger partial charge in [-0.05, 0) is 38.1 Å². The molecule has 7 heteroatoms. The van der Waals surface area contributed by atoms with Crippen molar-refractivity contribution in [2.45, 2.75) is 32.5 Å². The highest BCUT2D eigenvalue weighted by Crippen LogP contribution is 2.40. The lowest BCUT2D eigenvalue weighted by Crippen LogP contribution is -2.17. The van der Waals surface area contributed by atoms with Gasteiger partial charge in [-0.1, -0.05) is 6.08 Å². The van der Waals surface area contributed by atoms with Gasteiger partial charge in [-0.15, -0.1) is 0 Å². The van der Waals surface area contributed by atoms with E-state index in [1.165, 1.54) is 46.1 Å². The highest BCUT2D eigenvalue weighted by molar-refractivity contribution is 6.24. The van der Waals surface area contributed by atoms with Crippen LogP contribution in [-0.4, -0.2) is 40.5 Å². The Labute approximate surface area is 150 Å². The Bertz CT molecular complexity index is 825. The third kappa shape index (κ3) is 4.00. The molecular weight excluding hydrogens is 340 g/mol. The maximum Gasteiger partial charge on any atom is 0.303 e. The number of hydrogen-bond donors (Lipinski definition) is 2. The lowest BCUT2D eigenvalue weighted by molar-refractivity contribution is -0.144. The van der Waals surface area contributed by atoms with Crippen molar-refractivity contribution in [2.24, 2.45) is 0 Å². The van der Waals surface area contributed by atoms with Gasteiger partial charge in [-0.2, -0.15) is 0 Å². The van der Waals surface area contributed by atoms with E-state index in [4.69, 9.17) is 9.47 Å². The van der Waals surface area contributed by atoms with Crippen molar-refractivity contribution in [1.29, 1.82) is 0 Å². The zero-order chi connectivity index (χ0) is 19.6. The molecular formula is C19H20O7. The van der Waals surface area contributed by atoms with E-state index in [2.05, 4.69) is 0 Å². The van der Waals surface area contributed by atoms with E-state index in [1.54, 1.807) is 0 Å². The molecule has 2 N–H and O–H groups in total. The van der Waals surface area contributed by atoms with Crippen LogP contribution >= 0.6 is 0 Å². The maximum atomic E-state index is 12.2. The SMILES string of the molecule is COc1cc(C(/C=C/C(C)(C)O)OC(C)=O)c(O)c2c1C(=O)C=CC2=O. The molecule has 0 amide bonds. The van der Waals surface area contributed by atoms with Crippen LogP contribution in [0.3, 0.4) is 0 Å². The number of hydrogen-bond acceptors (Lipinski definition) is 7. The highest BCUT2D eigenvalue weighted by atomic mass is 16.5. The number of esters is 1. The van der Waals surface area contributed by atoms with Gasteiger partial charge >= 0.3 is 5.97 Å². The molecule has 1 aliphatic rings. The molecule has 0 aromatic heterocycles. The van der Waals surface area contributed by atoms with Crippen LogP contribution in [-0.2, 0) is 9.53 Å². The molecule has 0 aliphatic heterocycles. The van der Waals surface area contributed by atoms with E-state index in [0.717, 1.165) is 12.2 Å². The van der Waals surface area contributed by atoms with E-state index in [-0.39, 0.29) is 22.4 Å². The minimum absolute atomic E-state index is 0.0470. The molecule has 2 rings (SSSR count). The fourth-order valence-corrected chi connectivity index (χ4v) is 2.56. The second kappa shape index (κ2) is 7.13. The number of ether oxygens (including phenoxy) is 2. The molecule has 0 radical (unpaired) electrons. The summed E-state index contributed by atoms with van der Waals surface area (Å²) < 4.78 is 10.4. The number of phenols is 1. The quantitative estimate of drug-likeness (QED) is 0.612. The van der Waals surface area contributed by atoms with Crippen LogP contribution in [0.5, 0.6) is 11.5 Å². The van der Waals surface area contributed by atoms with Crippen LogP contribution in [0, 0.1) is 0 Å². The lowest BCUT2D eigenvalue weighted by Gasteiger charge is -2.22. The van der Waals surface area contributed by atoms with Crippen LogP contribution < -0.4 is 4.74 Å². The Morgan fingerprint density at radius 1 is 1.19 bits per heavy atom. The smallest absolute Gasteiger partial charge is 0.303 e. The third-order valence-corrected chi connectivity index (χ3v) is 3.67. The number of allylic oxidation sites excluding steroid dienone is 2. The number of fused-ring (bicyclic) bond motifs is 1. The van der Waals surface area contributed by atoms with Crippen LogP contribution in [0.4, 0.5) is 0 Å². The predicted octanol–water partition coefficient (Wildman–Crippen LogP) is 2.27. The summed E-state index contributed by atoms with van der Waals surface area (Å²) in [4.78, 5) is 35.8. The van der Waals surface area contributed by atoms with Crippen molar-refractivity contribution >= 4 is 17.5 Å². The number of carbonyl (C=O) groups excluding carboxylic acids is 3. The lowest BCUT2D eigenvalue weighted by atomic mass is 9.89. The number of phenolic OH excluding ortho intramolecular Hbond substituents is 1. The summed E-state index contributed by atoms with van der Waals surface area (Å²) in [7, 11) is 1.32. The molecule has 0 saturated carbocycles. The zero-order valence-corrected chi connectivity index (χ0v) is 14.9. The first-order valence-electron chi connectivity index (χ1n) is 7.84. The number of benzene rings is 1. The maximum absolute atomic E-state index is 12.2. The standard InChI is InChI=1S/C19H20O7/c1-10(20)26-14(7-8-19(2,3)24)11-9-15(25-4)16-12(21)5-6-13(22)17(16)18(11)23/h5-9,14,23-24H,1-4H3/b8-7+. The van der Waals surface area contributed by atoms with E-state index in [9.17, 15) is 24.6 Å². The second-order valence-electron chi connectivity index (χ2n) is 6.37. The Hall–Kier alpha value is -2.93. The number of rotatable bonds is 5. The van der Waals surface area contributed by atoms with Crippen LogP contribution in [0.2, 0.25) is 0 Å². The second-order valence-corrected chi connectivity index (χ2v) is 6.37. The molecule has 0 saturated heterocycles. The first kappa shape index (κ1) is 19.4. The van der Waals surface area contributed by atoms with Crippen molar-refractivity contribution in [3.8, 4) is 11.5 Å². The van der Waals surface area contributed by atoms with Crippen molar-refractivity contribution in [1.82, 2.24) is 0 Å². The number of aliphatic hydroxyl groups is 1. The van der Waals surface area contributed by atoms with Gasteiger partial charge in [0.25, 0.3) is 0 Å². The molecule has 1 aromatic carbocycles. The summed E-state index contributed by atoms with van der Waals surface area (Å²) >= 11 is 0.